The van der Waals surface area contributed by atoms with Gasteiger partial charge in [-0.15, -0.1) is 0 Å². The maximum Gasteiger partial charge on any atom is 0.244 e. The van der Waals surface area contributed by atoms with Gasteiger partial charge in [-0.3, -0.25) is 0 Å². The Labute approximate surface area is 115 Å². The first-order chi connectivity index (χ1) is 8.90. The predicted molar refractivity (Wildman–Crippen MR) is 73.9 cm³/mol. The minimum Gasteiger partial charge on any atom is -0.399 e. The topological polar surface area (TPSA) is 72.2 Å². The summed E-state index contributed by atoms with van der Waals surface area (Å²) in [5, 5.41) is 3.68. The minimum absolute atomic E-state index is 0.199. The van der Waals surface area contributed by atoms with Crippen molar-refractivity contribution in [2.24, 2.45) is 0 Å². The van der Waals surface area contributed by atoms with E-state index in [-0.39, 0.29) is 5.69 Å². The molecule has 0 aliphatic carbocycles. The number of hydrogen-bond acceptors (Lipinski definition) is 4. The standard InChI is InChI=1S/C12H13FN2O2S2/c1-8(9-4-5-18-7-9)15-19(16,17)12-6-10(14)2-3-11(12)13/h2-8,15H,14H2,1H3. The van der Waals surface area contributed by atoms with Crippen molar-refractivity contribution in [1.82, 2.24) is 4.72 Å². The molecule has 0 saturated heterocycles. The summed E-state index contributed by atoms with van der Waals surface area (Å²) in [6, 6.07) is 4.85. The van der Waals surface area contributed by atoms with Crippen molar-refractivity contribution in [1.29, 1.82) is 0 Å². The van der Waals surface area contributed by atoms with Crippen LogP contribution in [0.5, 0.6) is 0 Å². The normalized spacial score (nSPS) is 13.4. The Kier molecular flexibility index (Phi) is 3.88. The van der Waals surface area contributed by atoms with Gasteiger partial charge in [-0.05, 0) is 47.5 Å². The van der Waals surface area contributed by atoms with Crippen LogP contribution in [-0.4, -0.2) is 8.42 Å². The SMILES string of the molecule is CC(NS(=O)(=O)c1cc(N)ccc1F)c1ccsc1. The largest absolute Gasteiger partial charge is 0.399 e. The lowest BCUT2D eigenvalue weighted by Crippen LogP contribution is -2.27. The molecule has 0 bridgehead atoms. The van der Waals surface area contributed by atoms with E-state index in [0.29, 0.717) is 0 Å². The second-order valence-electron chi connectivity index (χ2n) is 4.09. The second-order valence-corrected chi connectivity index (χ2v) is 6.55. The molecular weight excluding hydrogens is 287 g/mol. The molecule has 2 rings (SSSR count). The van der Waals surface area contributed by atoms with E-state index in [1.165, 1.54) is 17.4 Å². The number of nitrogens with two attached hydrogens (primary N) is 1. The zero-order valence-electron chi connectivity index (χ0n) is 10.1. The molecule has 1 heterocycles. The van der Waals surface area contributed by atoms with Crippen molar-refractivity contribution in [2.75, 3.05) is 5.73 Å². The van der Waals surface area contributed by atoms with Gasteiger partial charge in [0.15, 0.2) is 0 Å². The van der Waals surface area contributed by atoms with Crippen LogP contribution < -0.4 is 10.5 Å². The van der Waals surface area contributed by atoms with Gasteiger partial charge in [0, 0.05) is 11.7 Å². The summed E-state index contributed by atoms with van der Waals surface area (Å²) in [6.07, 6.45) is 0. The van der Waals surface area contributed by atoms with E-state index in [2.05, 4.69) is 4.72 Å². The maximum atomic E-state index is 13.6. The number of benzene rings is 1. The molecule has 0 radical (unpaired) electrons. The molecule has 0 aliphatic heterocycles. The average molecular weight is 300 g/mol. The molecule has 1 aromatic heterocycles. The van der Waals surface area contributed by atoms with E-state index in [4.69, 9.17) is 5.73 Å². The zero-order valence-corrected chi connectivity index (χ0v) is 11.8. The Balaban J connectivity index is 2.30. The number of anilines is 1. The van der Waals surface area contributed by atoms with E-state index in [1.54, 1.807) is 6.92 Å². The van der Waals surface area contributed by atoms with Gasteiger partial charge in [0.05, 0.1) is 0 Å². The fraction of sp³-hybridized carbons (Fsp3) is 0.167. The van der Waals surface area contributed by atoms with E-state index >= 15 is 0 Å². The molecule has 0 saturated carbocycles. The first-order valence-electron chi connectivity index (χ1n) is 5.49. The molecule has 4 nitrogen and oxygen atoms in total. The lowest BCUT2D eigenvalue weighted by atomic mass is 10.2. The van der Waals surface area contributed by atoms with Crippen LogP contribution in [0, 0.1) is 5.82 Å². The summed E-state index contributed by atoms with van der Waals surface area (Å²) in [5.41, 5.74) is 6.52. The molecule has 102 valence electrons. The van der Waals surface area contributed by atoms with Crippen molar-refractivity contribution in [3.8, 4) is 0 Å². The molecule has 19 heavy (non-hydrogen) atoms. The third kappa shape index (κ3) is 3.12. The highest BCUT2D eigenvalue weighted by Gasteiger charge is 2.22. The molecule has 2 aromatic rings. The Bertz CT molecular complexity index is 669. The lowest BCUT2D eigenvalue weighted by molar-refractivity contribution is 0.547. The summed E-state index contributed by atoms with van der Waals surface area (Å²) in [7, 11) is -3.94. The molecule has 1 unspecified atom stereocenters. The van der Waals surface area contributed by atoms with Gasteiger partial charge in [-0.1, -0.05) is 0 Å². The van der Waals surface area contributed by atoms with Crippen molar-refractivity contribution < 1.29 is 12.8 Å². The zero-order chi connectivity index (χ0) is 14.0. The summed E-state index contributed by atoms with van der Waals surface area (Å²) in [4.78, 5) is -0.436. The van der Waals surface area contributed by atoms with Gasteiger partial charge in [0.25, 0.3) is 0 Å². The summed E-state index contributed by atoms with van der Waals surface area (Å²) in [5.74, 6) is -0.820. The minimum atomic E-state index is -3.94. The van der Waals surface area contributed by atoms with Gasteiger partial charge in [-0.2, -0.15) is 11.3 Å². The van der Waals surface area contributed by atoms with Gasteiger partial charge >= 0.3 is 0 Å². The Morgan fingerprint density at radius 2 is 2.11 bits per heavy atom. The predicted octanol–water partition coefficient (Wildman–Crippen LogP) is 2.51. The van der Waals surface area contributed by atoms with Crippen molar-refractivity contribution >= 4 is 27.0 Å². The quantitative estimate of drug-likeness (QED) is 0.852. The van der Waals surface area contributed by atoms with Gasteiger partial charge in [-0.25, -0.2) is 17.5 Å². The Morgan fingerprint density at radius 1 is 1.37 bits per heavy atom. The van der Waals surface area contributed by atoms with Crippen LogP contribution >= 0.6 is 11.3 Å². The summed E-state index contributed by atoms with van der Waals surface area (Å²) < 4.78 is 40.2. The van der Waals surface area contributed by atoms with Crippen LogP contribution in [0.2, 0.25) is 0 Å². The molecule has 7 heteroatoms. The van der Waals surface area contributed by atoms with Crippen LogP contribution in [-0.2, 0) is 10.0 Å². The van der Waals surface area contributed by atoms with Crippen molar-refractivity contribution in [3.63, 3.8) is 0 Å². The maximum absolute atomic E-state index is 13.6. The molecule has 1 atom stereocenters. The molecule has 0 fully saturated rings. The van der Waals surface area contributed by atoms with E-state index in [1.807, 2.05) is 16.8 Å². The molecular formula is C12H13FN2O2S2. The lowest BCUT2D eigenvalue weighted by Gasteiger charge is -2.13. The van der Waals surface area contributed by atoms with Gasteiger partial charge < -0.3 is 5.73 Å². The second kappa shape index (κ2) is 5.28. The molecule has 1 aromatic carbocycles. The number of sulfonamides is 1. The third-order valence-corrected chi connectivity index (χ3v) is 4.88. The van der Waals surface area contributed by atoms with Crippen LogP contribution in [0.3, 0.4) is 0 Å². The van der Waals surface area contributed by atoms with E-state index < -0.39 is 26.8 Å². The third-order valence-electron chi connectivity index (χ3n) is 2.62. The van der Waals surface area contributed by atoms with E-state index in [9.17, 15) is 12.8 Å². The van der Waals surface area contributed by atoms with Crippen molar-refractivity contribution in [2.45, 2.75) is 17.9 Å². The number of halogens is 1. The number of hydrogen-bond donors (Lipinski definition) is 2. The number of nitrogens with one attached hydrogen (secondary N) is 1. The van der Waals surface area contributed by atoms with Gasteiger partial charge in [0.1, 0.15) is 10.7 Å². The summed E-state index contributed by atoms with van der Waals surface area (Å²) >= 11 is 1.47. The fourth-order valence-electron chi connectivity index (χ4n) is 1.61. The molecule has 0 amide bonds. The van der Waals surface area contributed by atoms with Crippen LogP contribution in [0.1, 0.15) is 18.5 Å². The molecule has 0 spiro atoms. The number of rotatable bonds is 4. The molecule has 0 aliphatic rings. The van der Waals surface area contributed by atoms with Gasteiger partial charge in [0.2, 0.25) is 10.0 Å². The van der Waals surface area contributed by atoms with Crippen molar-refractivity contribution in [3.05, 3.63) is 46.4 Å². The number of thiophene rings is 1. The van der Waals surface area contributed by atoms with Crippen LogP contribution in [0.4, 0.5) is 10.1 Å². The van der Waals surface area contributed by atoms with Crippen LogP contribution in [0.15, 0.2) is 39.9 Å². The highest BCUT2D eigenvalue weighted by Crippen LogP contribution is 2.22. The first-order valence-corrected chi connectivity index (χ1v) is 7.92. The summed E-state index contributed by atoms with van der Waals surface area (Å²) in [6.45, 7) is 1.70. The highest BCUT2D eigenvalue weighted by molar-refractivity contribution is 7.89. The monoisotopic (exact) mass is 300 g/mol. The van der Waals surface area contributed by atoms with E-state index in [0.717, 1.165) is 17.7 Å². The highest BCUT2D eigenvalue weighted by atomic mass is 32.2. The fourth-order valence-corrected chi connectivity index (χ4v) is 3.71. The Morgan fingerprint density at radius 3 is 2.74 bits per heavy atom. The smallest absolute Gasteiger partial charge is 0.244 e. The average Bonchev–Trinajstić information content (AvgIpc) is 2.85. The molecule has 3 N–H and O–H groups in total. The van der Waals surface area contributed by atoms with Crippen LogP contribution in [0.25, 0.3) is 0 Å². The number of nitrogen functional groups attached to an aromatic ring is 1. The first kappa shape index (κ1) is 14.0. The Hall–Kier alpha value is -1.44.